The molecule has 0 fully saturated rings. The molecule has 0 saturated carbocycles. The van der Waals surface area contributed by atoms with E-state index in [-0.39, 0.29) is 12.1 Å². The second-order valence-electron chi connectivity index (χ2n) is 6.08. The molecule has 2 aromatic rings. The highest BCUT2D eigenvalue weighted by Crippen LogP contribution is 2.22. The zero-order chi connectivity index (χ0) is 17.2. The zero-order valence-electron chi connectivity index (χ0n) is 14.7. The largest absolute Gasteiger partial charge is 0.453 e. The number of nitrogens with zero attached hydrogens (tertiary/aromatic N) is 1. The Balaban J connectivity index is 1.92. The Kier molecular flexibility index (Phi) is 7.47. The van der Waals surface area contributed by atoms with Gasteiger partial charge in [0.05, 0.1) is 0 Å². The van der Waals surface area contributed by atoms with Gasteiger partial charge in [-0.25, -0.2) is 9.78 Å². The van der Waals surface area contributed by atoms with Crippen molar-refractivity contribution in [1.82, 2.24) is 4.98 Å². The first-order valence-electron chi connectivity index (χ1n) is 8.95. The number of unbranched alkanes of at least 4 members (excludes halogenated alkanes) is 3. The molecule has 0 amide bonds. The second kappa shape index (κ2) is 9.86. The van der Waals surface area contributed by atoms with Gasteiger partial charge in [0.2, 0.25) is 0 Å². The third kappa shape index (κ3) is 5.48. The monoisotopic (exact) mass is 325 g/mol. The molecule has 128 valence electrons. The number of hydrogen-bond acceptors (Lipinski definition) is 3. The first kappa shape index (κ1) is 18.2. The van der Waals surface area contributed by atoms with Gasteiger partial charge in [-0.05, 0) is 36.5 Å². The molecule has 3 heteroatoms. The molecule has 1 aromatic heterocycles. The van der Waals surface area contributed by atoms with Gasteiger partial charge in [-0.15, -0.1) is 0 Å². The third-order valence-electron chi connectivity index (χ3n) is 4.14. The van der Waals surface area contributed by atoms with Gasteiger partial charge in [0.1, 0.15) is 11.8 Å². The van der Waals surface area contributed by atoms with Gasteiger partial charge in [-0.2, -0.15) is 0 Å². The van der Waals surface area contributed by atoms with E-state index in [1.54, 1.807) is 12.3 Å². The Hall–Kier alpha value is -2.16. The lowest BCUT2D eigenvalue weighted by Crippen LogP contribution is -2.12. The van der Waals surface area contributed by atoms with Crippen LogP contribution in [0.3, 0.4) is 0 Å². The van der Waals surface area contributed by atoms with Crippen molar-refractivity contribution in [3.05, 3.63) is 65.5 Å². The molecule has 2 rings (SSSR count). The summed E-state index contributed by atoms with van der Waals surface area (Å²) in [5.74, 6) is -0.358. The van der Waals surface area contributed by atoms with Gasteiger partial charge in [-0.1, -0.05) is 69.5 Å². The Morgan fingerprint density at radius 3 is 2.46 bits per heavy atom. The standard InChI is InChI=1S/C21H27NO2/c1-3-5-6-8-11-17-14-15-19(22-16-17)21(23)24-20(4-2)18-12-9-7-10-13-18/h7,9-10,12-16,20H,3-6,8,11H2,1-2H3. The van der Waals surface area contributed by atoms with E-state index in [2.05, 4.69) is 11.9 Å². The predicted molar refractivity (Wildman–Crippen MR) is 97.0 cm³/mol. The minimum atomic E-state index is -0.358. The number of hydrogen-bond donors (Lipinski definition) is 0. The van der Waals surface area contributed by atoms with Crippen LogP contribution in [0.4, 0.5) is 0 Å². The molecule has 0 aliphatic rings. The van der Waals surface area contributed by atoms with Crippen molar-refractivity contribution in [2.24, 2.45) is 0 Å². The molecule has 1 heterocycles. The van der Waals surface area contributed by atoms with E-state index in [0.717, 1.165) is 18.4 Å². The lowest BCUT2D eigenvalue weighted by atomic mass is 10.1. The minimum absolute atomic E-state index is 0.228. The van der Waals surface area contributed by atoms with Crippen molar-refractivity contribution < 1.29 is 9.53 Å². The lowest BCUT2D eigenvalue weighted by molar-refractivity contribution is 0.0281. The maximum atomic E-state index is 12.3. The molecule has 24 heavy (non-hydrogen) atoms. The van der Waals surface area contributed by atoms with E-state index in [0.29, 0.717) is 5.69 Å². The van der Waals surface area contributed by atoms with Gasteiger partial charge < -0.3 is 4.74 Å². The van der Waals surface area contributed by atoms with Crippen LogP contribution in [0.25, 0.3) is 0 Å². The van der Waals surface area contributed by atoms with E-state index >= 15 is 0 Å². The van der Waals surface area contributed by atoms with Crippen LogP contribution in [-0.4, -0.2) is 11.0 Å². The van der Waals surface area contributed by atoms with Crippen LogP contribution < -0.4 is 0 Å². The molecular formula is C21H27NO2. The van der Waals surface area contributed by atoms with Crippen molar-refractivity contribution in [3.63, 3.8) is 0 Å². The summed E-state index contributed by atoms with van der Waals surface area (Å²) in [5, 5.41) is 0. The zero-order valence-corrected chi connectivity index (χ0v) is 14.7. The lowest BCUT2D eigenvalue weighted by Gasteiger charge is -2.16. The van der Waals surface area contributed by atoms with Crippen LogP contribution in [0.2, 0.25) is 0 Å². The molecule has 0 radical (unpaired) electrons. The van der Waals surface area contributed by atoms with Crippen LogP contribution in [0.15, 0.2) is 48.7 Å². The predicted octanol–water partition coefficient (Wildman–Crippen LogP) is 5.51. The average molecular weight is 325 g/mol. The Morgan fingerprint density at radius 1 is 1.04 bits per heavy atom. The summed E-state index contributed by atoms with van der Waals surface area (Å²) >= 11 is 0. The first-order valence-corrected chi connectivity index (χ1v) is 8.95. The van der Waals surface area contributed by atoms with Crippen molar-refractivity contribution in [2.75, 3.05) is 0 Å². The number of aromatic nitrogens is 1. The van der Waals surface area contributed by atoms with Crippen molar-refractivity contribution >= 4 is 5.97 Å². The molecule has 0 aliphatic heterocycles. The fraction of sp³-hybridized carbons (Fsp3) is 0.429. The number of carbonyl (C=O) groups is 1. The minimum Gasteiger partial charge on any atom is -0.453 e. The molecular weight excluding hydrogens is 298 g/mol. The number of aryl methyl sites for hydroxylation is 1. The highest BCUT2D eigenvalue weighted by Gasteiger charge is 2.17. The summed E-state index contributed by atoms with van der Waals surface area (Å²) in [7, 11) is 0. The second-order valence-corrected chi connectivity index (χ2v) is 6.08. The first-order chi connectivity index (χ1) is 11.7. The summed E-state index contributed by atoms with van der Waals surface area (Å²) in [5.41, 5.74) is 2.57. The van der Waals surface area contributed by atoms with Gasteiger partial charge in [-0.3, -0.25) is 0 Å². The van der Waals surface area contributed by atoms with Crippen LogP contribution in [0.5, 0.6) is 0 Å². The van der Waals surface area contributed by atoms with Crippen molar-refractivity contribution in [2.45, 2.75) is 58.5 Å². The van der Waals surface area contributed by atoms with E-state index in [1.807, 2.05) is 43.3 Å². The van der Waals surface area contributed by atoms with E-state index < -0.39 is 0 Å². The van der Waals surface area contributed by atoms with Crippen LogP contribution in [-0.2, 0) is 11.2 Å². The van der Waals surface area contributed by atoms with Crippen molar-refractivity contribution in [3.8, 4) is 0 Å². The molecule has 0 aliphatic carbocycles. The quantitative estimate of drug-likeness (QED) is 0.450. The number of pyridine rings is 1. The number of carbonyl (C=O) groups excluding carboxylic acids is 1. The van der Waals surface area contributed by atoms with E-state index in [1.165, 1.54) is 31.2 Å². The molecule has 0 saturated heterocycles. The Morgan fingerprint density at radius 2 is 1.83 bits per heavy atom. The van der Waals surface area contributed by atoms with Crippen LogP contribution in [0, 0.1) is 0 Å². The smallest absolute Gasteiger partial charge is 0.357 e. The van der Waals surface area contributed by atoms with Crippen LogP contribution in [0.1, 0.15) is 73.7 Å². The topological polar surface area (TPSA) is 39.2 Å². The third-order valence-corrected chi connectivity index (χ3v) is 4.14. The molecule has 1 unspecified atom stereocenters. The SMILES string of the molecule is CCCCCCc1ccc(C(=O)OC(CC)c2ccccc2)nc1. The molecule has 0 N–H and O–H groups in total. The maximum absolute atomic E-state index is 12.3. The number of benzene rings is 1. The van der Waals surface area contributed by atoms with Gasteiger partial charge in [0, 0.05) is 6.20 Å². The normalized spacial score (nSPS) is 11.9. The highest BCUT2D eigenvalue weighted by atomic mass is 16.5. The summed E-state index contributed by atoms with van der Waals surface area (Å²) < 4.78 is 5.62. The summed E-state index contributed by atoms with van der Waals surface area (Å²) in [6, 6.07) is 13.6. The molecule has 3 nitrogen and oxygen atoms in total. The Bertz CT molecular complexity index is 607. The Labute approximate surface area is 145 Å². The fourth-order valence-electron chi connectivity index (χ4n) is 2.69. The summed E-state index contributed by atoms with van der Waals surface area (Å²) in [6.07, 6.45) is 8.26. The maximum Gasteiger partial charge on any atom is 0.357 e. The molecule has 1 aromatic carbocycles. The van der Waals surface area contributed by atoms with Crippen LogP contribution >= 0.6 is 0 Å². The summed E-state index contributed by atoms with van der Waals surface area (Å²) in [4.78, 5) is 16.6. The van der Waals surface area contributed by atoms with E-state index in [4.69, 9.17) is 4.74 Å². The van der Waals surface area contributed by atoms with Gasteiger partial charge in [0.25, 0.3) is 0 Å². The van der Waals surface area contributed by atoms with Gasteiger partial charge >= 0.3 is 5.97 Å². The number of ether oxygens (including phenoxy) is 1. The van der Waals surface area contributed by atoms with E-state index in [9.17, 15) is 4.79 Å². The fourth-order valence-corrected chi connectivity index (χ4v) is 2.69. The molecule has 0 bridgehead atoms. The summed E-state index contributed by atoms with van der Waals surface area (Å²) in [6.45, 7) is 4.22. The van der Waals surface area contributed by atoms with Gasteiger partial charge in [0.15, 0.2) is 0 Å². The number of esters is 1. The average Bonchev–Trinajstić information content (AvgIpc) is 2.64. The molecule has 1 atom stereocenters. The molecule has 0 spiro atoms. The number of rotatable bonds is 9. The highest BCUT2D eigenvalue weighted by molar-refractivity contribution is 5.87. The van der Waals surface area contributed by atoms with Crippen molar-refractivity contribution in [1.29, 1.82) is 0 Å².